The topological polar surface area (TPSA) is 29.1 Å². The van der Waals surface area contributed by atoms with E-state index in [1.165, 1.54) is 12.8 Å². The highest BCUT2D eigenvalue weighted by Gasteiger charge is 2.36. The lowest BCUT2D eigenvalue weighted by atomic mass is 9.88. The number of anilines is 1. The van der Waals surface area contributed by atoms with Crippen molar-refractivity contribution in [2.75, 3.05) is 5.32 Å². The predicted molar refractivity (Wildman–Crippen MR) is 69.3 cm³/mol. The van der Waals surface area contributed by atoms with Crippen molar-refractivity contribution in [3.05, 3.63) is 28.7 Å². The van der Waals surface area contributed by atoms with Gasteiger partial charge in [0.25, 0.3) is 0 Å². The highest BCUT2D eigenvalue weighted by molar-refractivity contribution is 9.10. The first-order valence-electron chi connectivity index (χ1n) is 5.68. The number of halogens is 1. The van der Waals surface area contributed by atoms with E-state index in [2.05, 4.69) is 28.2 Å². The molecule has 0 spiro atoms. The van der Waals surface area contributed by atoms with E-state index in [0.717, 1.165) is 23.0 Å². The fourth-order valence-corrected chi connectivity index (χ4v) is 2.60. The summed E-state index contributed by atoms with van der Waals surface area (Å²) in [5.41, 5.74) is 0.690. The molecule has 0 atom stereocenters. The molecular formula is C13H16BrNO. The molecule has 1 aliphatic rings. The minimum atomic E-state index is -0.171. The van der Waals surface area contributed by atoms with Crippen LogP contribution in [-0.2, 0) is 4.79 Å². The molecule has 3 heteroatoms. The largest absolute Gasteiger partial charge is 0.325 e. The Hall–Kier alpha value is -0.830. The molecule has 0 unspecified atom stereocenters. The molecule has 0 radical (unpaired) electrons. The third-order valence-corrected chi connectivity index (χ3v) is 4.07. The van der Waals surface area contributed by atoms with Gasteiger partial charge in [-0.25, -0.2) is 0 Å². The van der Waals surface area contributed by atoms with Gasteiger partial charge in [-0.15, -0.1) is 0 Å². The summed E-state index contributed by atoms with van der Waals surface area (Å²) < 4.78 is 0.935. The molecule has 1 aliphatic carbocycles. The molecule has 1 aromatic rings. The van der Waals surface area contributed by atoms with Gasteiger partial charge in [0.1, 0.15) is 0 Å². The molecule has 2 rings (SSSR count). The lowest BCUT2D eigenvalue weighted by Crippen LogP contribution is -2.30. The lowest BCUT2D eigenvalue weighted by Gasteiger charge is -2.22. The number of rotatable bonds is 2. The number of hydrogen-bond acceptors (Lipinski definition) is 1. The van der Waals surface area contributed by atoms with Crippen molar-refractivity contribution in [2.45, 2.75) is 32.6 Å². The summed E-state index contributed by atoms with van der Waals surface area (Å²) in [6.45, 7) is 2.06. The number of hydrogen-bond donors (Lipinski definition) is 1. The van der Waals surface area contributed by atoms with E-state index < -0.39 is 0 Å². The normalized spacial score (nSPS) is 18.4. The number of carbonyl (C=O) groups excluding carboxylic acids is 1. The summed E-state index contributed by atoms with van der Waals surface area (Å²) in [7, 11) is 0. The van der Waals surface area contributed by atoms with E-state index in [-0.39, 0.29) is 11.3 Å². The Balaban J connectivity index is 2.10. The molecular weight excluding hydrogens is 266 g/mol. The Bertz CT molecular complexity index is 397. The van der Waals surface area contributed by atoms with Crippen molar-refractivity contribution in [3.8, 4) is 0 Å². The smallest absolute Gasteiger partial charge is 0.230 e. The highest BCUT2D eigenvalue weighted by atomic mass is 79.9. The zero-order chi connectivity index (χ0) is 11.6. The van der Waals surface area contributed by atoms with E-state index in [1.54, 1.807) is 0 Å². The molecule has 0 bridgehead atoms. The van der Waals surface area contributed by atoms with E-state index in [9.17, 15) is 4.79 Å². The van der Waals surface area contributed by atoms with Crippen LogP contribution in [0.15, 0.2) is 28.7 Å². The van der Waals surface area contributed by atoms with Crippen molar-refractivity contribution in [1.82, 2.24) is 0 Å². The Kier molecular flexibility index (Phi) is 3.33. The van der Waals surface area contributed by atoms with Crippen molar-refractivity contribution in [1.29, 1.82) is 0 Å². The van der Waals surface area contributed by atoms with Gasteiger partial charge in [0, 0.05) is 9.89 Å². The summed E-state index contributed by atoms with van der Waals surface area (Å²) in [4.78, 5) is 12.2. The standard InChI is InChI=1S/C13H16BrNO/c1-13(8-4-5-9-13)12(16)15-11-7-3-2-6-10(11)14/h2-3,6-7H,4-5,8-9H2,1H3,(H,15,16). The molecule has 0 saturated heterocycles. The van der Waals surface area contributed by atoms with Crippen LogP contribution < -0.4 is 5.32 Å². The molecule has 1 saturated carbocycles. The number of para-hydroxylation sites is 1. The van der Waals surface area contributed by atoms with Crippen LogP contribution in [0.3, 0.4) is 0 Å². The Morgan fingerprint density at radius 3 is 2.56 bits per heavy atom. The van der Waals surface area contributed by atoms with Gasteiger partial charge in [-0.05, 0) is 40.9 Å². The van der Waals surface area contributed by atoms with Gasteiger partial charge in [0.05, 0.1) is 5.69 Å². The molecule has 86 valence electrons. The van der Waals surface area contributed by atoms with Crippen molar-refractivity contribution in [2.24, 2.45) is 5.41 Å². The monoisotopic (exact) mass is 281 g/mol. The summed E-state index contributed by atoms with van der Waals surface area (Å²) in [6.07, 6.45) is 4.34. The van der Waals surface area contributed by atoms with E-state index in [1.807, 2.05) is 24.3 Å². The van der Waals surface area contributed by atoms with Crippen LogP contribution in [0.25, 0.3) is 0 Å². The number of amides is 1. The van der Waals surface area contributed by atoms with Gasteiger partial charge < -0.3 is 5.32 Å². The summed E-state index contributed by atoms with van der Waals surface area (Å²) >= 11 is 3.44. The number of carbonyl (C=O) groups is 1. The zero-order valence-electron chi connectivity index (χ0n) is 9.42. The third kappa shape index (κ3) is 2.29. The first kappa shape index (κ1) is 11.6. The van der Waals surface area contributed by atoms with E-state index >= 15 is 0 Å². The third-order valence-electron chi connectivity index (χ3n) is 3.38. The minimum absolute atomic E-state index is 0.150. The van der Waals surface area contributed by atoms with Crippen molar-refractivity contribution < 1.29 is 4.79 Å². The van der Waals surface area contributed by atoms with Gasteiger partial charge in [0.2, 0.25) is 5.91 Å². The molecule has 16 heavy (non-hydrogen) atoms. The molecule has 0 aliphatic heterocycles. The Morgan fingerprint density at radius 2 is 1.94 bits per heavy atom. The minimum Gasteiger partial charge on any atom is -0.325 e. The lowest BCUT2D eigenvalue weighted by molar-refractivity contribution is -0.124. The average molecular weight is 282 g/mol. The molecule has 0 aromatic heterocycles. The first-order chi connectivity index (χ1) is 7.62. The predicted octanol–water partition coefficient (Wildman–Crippen LogP) is 3.97. The van der Waals surface area contributed by atoms with Gasteiger partial charge in [-0.2, -0.15) is 0 Å². The second-order valence-electron chi connectivity index (χ2n) is 4.70. The van der Waals surface area contributed by atoms with Crippen molar-refractivity contribution in [3.63, 3.8) is 0 Å². The van der Waals surface area contributed by atoms with Gasteiger partial charge in [-0.3, -0.25) is 4.79 Å². The van der Waals surface area contributed by atoms with Crippen LogP contribution in [-0.4, -0.2) is 5.91 Å². The van der Waals surface area contributed by atoms with Gasteiger partial charge >= 0.3 is 0 Å². The molecule has 0 heterocycles. The summed E-state index contributed by atoms with van der Waals surface area (Å²) in [5.74, 6) is 0.150. The average Bonchev–Trinajstić information content (AvgIpc) is 2.70. The second-order valence-corrected chi connectivity index (χ2v) is 5.56. The van der Waals surface area contributed by atoms with Crippen LogP contribution in [0.2, 0.25) is 0 Å². The van der Waals surface area contributed by atoms with E-state index in [0.29, 0.717) is 0 Å². The summed E-state index contributed by atoms with van der Waals surface area (Å²) in [5, 5.41) is 3.01. The SMILES string of the molecule is CC1(C(=O)Nc2ccccc2Br)CCCC1. The van der Waals surface area contributed by atoms with Crippen LogP contribution in [0.1, 0.15) is 32.6 Å². The fourth-order valence-electron chi connectivity index (χ4n) is 2.22. The quantitative estimate of drug-likeness (QED) is 0.873. The van der Waals surface area contributed by atoms with Crippen molar-refractivity contribution >= 4 is 27.5 Å². The molecule has 1 N–H and O–H groups in total. The summed E-state index contributed by atoms with van der Waals surface area (Å²) in [6, 6.07) is 7.72. The molecule has 1 fully saturated rings. The number of nitrogens with one attached hydrogen (secondary N) is 1. The molecule has 1 amide bonds. The molecule has 1 aromatic carbocycles. The maximum Gasteiger partial charge on any atom is 0.230 e. The fraction of sp³-hybridized carbons (Fsp3) is 0.462. The van der Waals surface area contributed by atoms with Crippen LogP contribution >= 0.6 is 15.9 Å². The first-order valence-corrected chi connectivity index (χ1v) is 6.47. The van der Waals surface area contributed by atoms with Gasteiger partial charge in [0.15, 0.2) is 0 Å². The van der Waals surface area contributed by atoms with Crippen LogP contribution in [0.4, 0.5) is 5.69 Å². The second kappa shape index (κ2) is 4.58. The Morgan fingerprint density at radius 1 is 1.31 bits per heavy atom. The number of benzene rings is 1. The maximum absolute atomic E-state index is 12.2. The van der Waals surface area contributed by atoms with E-state index in [4.69, 9.17) is 0 Å². The molecule has 2 nitrogen and oxygen atoms in total. The van der Waals surface area contributed by atoms with Gasteiger partial charge in [-0.1, -0.05) is 31.9 Å². The van der Waals surface area contributed by atoms with Crippen LogP contribution in [0, 0.1) is 5.41 Å². The Labute approximate surface area is 105 Å². The maximum atomic E-state index is 12.2. The zero-order valence-corrected chi connectivity index (χ0v) is 11.0. The highest BCUT2D eigenvalue weighted by Crippen LogP contribution is 2.38. The van der Waals surface area contributed by atoms with Crippen LogP contribution in [0.5, 0.6) is 0 Å².